The topological polar surface area (TPSA) is 104 Å². The number of benzene rings is 1. The van der Waals surface area contributed by atoms with Gasteiger partial charge >= 0.3 is 12.0 Å². The molecule has 0 spiro atoms. The summed E-state index contributed by atoms with van der Waals surface area (Å²) in [6, 6.07) is 4.02. The van der Waals surface area contributed by atoms with Crippen molar-refractivity contribution < 1.29 is 14.7 Å². The molecular weight excluding hydrogens is 348 g/mol. The first-order valence-electron chi connectivity index (χ1n) is 5.37. The number of halogens is 1. The van der Waals surface area contributed by atoms with Crippen molar-refractivity contribution in [3.05, 3.63) is 33.2 Å². The van der Waals surface area contributed by atoms with Crippen LogP contribution in [0, 0.1) is 6.92 Å². The van der Waals surface area contributed by atoms with Crippen LogP contribution >= 0.6 is 27.3 Å². The number of aryl methyl sites for hydroxylation is 1. The summed E-state index contributed by atoms with van der Waals surface area (Å²) in [6.07, 6.45) is 0. The average Bonchev–Trinajstić information content (AvgIpc) is 2.77. The van der Waals surface area contributed by atoms with Crippen LogP contribution in [0.2, 0.25) is 0 Å². The zero-order valence-electron chi connectivity index (χ0n) is 10.2. The second-order valence-electron chi connectivity index (χ2n) is 3.67. The maximum Gasteiger partial charge on any atom is 0.337 e. The number of carbonyl (C=O) groups is 2. The van der Waals surface area contributed by atoms with Crippen molar-refractivity contribution >= 4 is 50.1 Å². The summed E-state index contributed by atoms with van der Waals surface area (Å²) in [5.74, 6) is -1.13. The Morgan fingerprint density at radius 3 is 2.65 bits per heavy atom. The first-order valence-corrected chi connectivity index (χ1v) is 6.98. The highest BCUT2D eigenvalue weighted by molar-refractivity contribution is 9.10. The number of carboxylic acid groups (broad SMARTS) is 1. The van der Waals surface area contributed by atoms with Crippen molar-refractivity contribution in [1.29, 1.82) is 0 Å². The molecule has 9 heteroatoms. The molecule has 2 rings (SSSR count). The van der Waals surface area contributed by atoms with Gasteiger partial charge < -0.3 is 10.4 Å². The van der Waals surface area contributed by atoms with Gasteiger partial charge in [-0.1, -0.05) is 17.4 Å². The van der Waals surface area contributed by atoms with Gasteiger partial charge in [-0.2, -0.15) is 0 Å². The molecular formula is C11H9BrN4O3S. The van der Waals surface area contributed by atoms with E-state index >= 15 is 0 Å². The lowest BCUT2D eigenvalue weighted by Crippen LogP contribution is -2.21. The van der Waals surface area contributed by atoms with Crippen LogP contribution in [0.3, 0.4) is 0 Å². The monoisotopic (exact) mass is 356 g/mol. The van der Waals surface area contributed by atoms with Gasteiger partial charge in [-0.3, -0.25) is 5.32 Å². The SMILES string of the molecule is Cc1nnc(NC(=O)Nc2c(Br)cccc2C(=O)O)s1. The number of amides is 2. The molecule has 0 fully saturated rings. The van der Waals surface area contributed by atoms with Gasteiger partial charge in [0.15, 0.2) is 0 Å². The molecule has 2 amide bonds. The summed E-state index contributed by atoms with van der Waals surface area (Å²) in [4.78, 5) is 22.9. The van der Waals surface area contributed by atoms with E-state index < -0.39 is 12.0 Å². The van der Waals surface area contributed by atoms with E-state index in [0.717, 1.165) is 0 Å². The number of hydrogen-bond acceptors (Lipinski definition) is 5. The van der Waals surface area contributed by atoms with E-state index in [2.05, 4.69) is 36.8 Å². The van der Waals surface area contributed by atoms with Crippen molar-refractivity contribution in [2.75, 3.05) is 10.6 Å². The van der Waals surface area contributed by atoms with Gasteiger partial charge in [0.1, 0.15) is 5.01 Å². The highest BCUT2D eigenvalue weighted by Gasteiger charge is 2.15. The second kappa shape index (κ2) is 5.97. The van der Waals surface area contributed by atoms with Gasteiger partial charge in [0.05, 0.1) is 11.3 Å². The van der Waals surface area contributed by atoms with E-state index in [1.54, 1.807) is 19.1 Å². The predicted octanol–water partition coefficient (Wildman–Crippen LogP) is 2.95. The molecule has 0 aliphatic heterocycles. The smallest absolute Gasteiger partial charge is 0.337 e. The van der Waals surface area contributed by atoms with Gasteiger partial charge in [0.2, 0.25) is 5.13 Å². The van der Waals surface area contributed by atoms with Gasteiger partial charge in [0, 0.05) is 4.47 Å². The molecule has 0 aliphatic carbocycles. The van der Waals surface area contributed by atoms with Crippen LogP contribution in [0.5, 0.6) is 0 Å². The van der Waals surface area contributed by atoms with Crippen molar-refractivity contribution in [2.45, 2.75) is 6.92 Å². The normalized spacial score (nSPS) is 10.1. The quantitative estimate of drug-likeness (QED) is 0.784. The van der Waals surface area contributed by atoms with Gasteiger partial charge in [-0.15, -0.1) is 10.2 Å². The third-order valence-corrected chi connectivity index (χ3v) is 3.64. The molecule has 3 N–H and O–H groups in total. The van der Waals surface area contributed by atoms with Gasteiger partial charge in [-0.05, 0) is 35.0 Å². The third-order valence-electron chi connectivity index (χ3n) is 2.23. The molecule has 20 heavy (non-hydrogen) atoms. The summed E-state index contributed by atoms with van der Waals surface area (Å²) in [6.45, 7) is 1.76. The second-order valence-corrected chi connectivity index (χ2v) is 5.71. The molecule has 1 heterocycles. The first kappa shape index (κ1) is 14.4. The first-order chi connectivity index (χ1) is 9.47. The van der Waals surface area contributed by atoms with E-state index in [4.69, 9.17) is 5.11 Å². The van der Waals surface area contributed by atoms with Gasteiger partial charge in [0.25, 0.3) is 0 Å². The Hall–Kier alpha value is -2.00. The number of rotatable bonds is 3. The molecule has 1 aromatic carbocycles. The predicted molar refractivity (Wildman–Crippen MR) is 78.4 cm³/mol. The maximum atomic E-state index is 11.8. The van der Waals surface area contributed by atoms with E-state index in [1.807, 2.05) is 0 Å². The summed E-state index contributed by atoms with van der Waals surface area (Å²) >= 11 is 4.42. The Balaban J connectivity index is 2.17. The molecule has 0 atom stereocenters. The molecule has 0 radical (unpaired) electrons. The van der Waals surface area contributed by atoms with E-state index in [1.165, 1.54) is 17.4 Å². The number of aromatic carboxylic acids is 1. The molecule has 0 aliphatic rings. The van der Waals surface area contributed by atoms with E-state index in [9.17, 15) is 9.59 Å². The summed E-state index contributed by atoms with van der Waals surface area (Å²) in [5, 5.41) is 22.6. The number of carbonyl (C=O) groups excluding carboxylic acids is 1. The molecule has 2 aromatic rings. The molecule has 0 unspecified atom stereocenters. The Morgan fingerprint density at radius 2 is 2.05 bits per heavy atom. The minimum absolute atomic E-state index is 0.0111. The zero-order chi connectivity index (χ0) is 14.7. The molecule has 0 saturated carbocycles. The number of hydrogen-bond donors (Lipinski definition) is 3. The highest BCUT2D eigenvalue weighted by Crippen LogP contribution is 2.26. The third kappa shape index (κ3) is 3.31. The number of aromatic nitrogens is 2. The minimum atomic E-state index is -1.13. The van der Waals surface area contributed by atoms with Crippen LogP contribution in [0.25, 0.3) is 0 Å². The van der Waals surface area contributed by atoms with E-state index in [0.29, 0.717) is 14.6 Å². The van der Waals surface area contributed by atoms with Crippen molar-refractivity contribution in [1.82, 2.24) is 10.2 Å². The van der Waals surface area contributed by atoms with Crippen LogP contribution in [0.15, 0.2) is 22.7 Å². The summed E-state index contributed by atoms with van der Waals surface area (Å²) in [7, 11) is 0. The van der Waals surface area contributed by atoms with Crippen molar-refractivity contribution in [3.8, 4) is 0 Å². The van der Waals surface area contributed by atoms with Crippen molar-refractivity contribution in [3.63, 3.8) is 0 Å². The van der Waals surface area contributed by atoms with Gasteiger partial charge in [-0.25, -0.2) is 9.59 Å². The standard InChI is InChI=1S/C11H9BrN4O3S/c1-5-15-16-11(20-5)14-10(19)13-8-6(9(17)18)3-2-4-7(8)12/h2-4H,1H3,(H,17,18)(H2,13,14,16,19). The van der Waals surface area contributed by atoms with Crippen LogP contribution in [0.1, 0.15) is 15.4 Å². The lowest BCUT2D eigenvalue weighted by molar-refractivity contribution is 0.0698. The Morgan fingerprint density at radius 1 is 1.30 bits per heavy atom. The summed E-state index contributed by atoms with van der Waals surface area (Å²) in [5.41, 5.74) is 0.168. The molecule has 7 nitrogen and oxygen atoms in total. The van der Waals surface area contributed by atoms with Crippen LogP contribution < -0.4 is 10.6 Å². The molecule has 1 aromatic heterocycles. The fourth-order valence-corrected chi connectivity index (χ4v) is 2.47. The molecule has 0 bridgehead atoms. The van der Waals surface area contributed by atoms with E-state index in [-0.39, 0.29) is 11.3 Å². The van der Waals surface area contributed by atoms with Crippen molar-refractivity contribution in [2.24, 2.45) is 0 Å². The van der Waals surface area contributed by atoms with Crippen LogP contribution in [-0.2, 0) is 0 Å². The largest absolute Gasteiger partial charge is 0.478 e. The minimum Gasteiger partial charge on any atom is -0.478 e. The Labute approximate surface area is 126 Å². The number of urea groups is 1. The molecule has 0 saturated heterocycles. The van der Waals surface area contributed by atoms with Crippen LogP contribution in [0.4, 0.5) is 15.6 Å². The Bertz CT molecular complexity index is 673. The number of nitrogens with zero attached hydrogens (tertiary/aromatic N) is 2. The fraction of sp³-hybridized carbons (Fsp3) is 0.0909. The summed E-state index contributed by atoms with van der Waals surface area (Å²) < 4.78 is 0.473. The number of nitrogens with one attached hydrogen (secondary N) is 2. The number of carboxylic acids is 1. The number of anilines is 2. The highest BCUT2D eigenvalue weighted by atomic mass is 79.9. The Kier molecular flexibility index (Phi) is 4.30. The lowest BCUT2D eigenvalue weighted by Gasteiger charge is -2.10. The molecule has 104 valence electrons. The fourth-order valence-electron chi connectivity index (χ4n) is 1.42. The zero-order valence-corrected chi connectivity index (χ0v) is 12.6. The number of para-hydroxylation sites is 1. The maximum absolute atomic E-state index is 11.8. The lowest BCUT2D eigenvalue weighted by atomic mass is 10.2. The average molecular weight is 357 g/mol. The van der Waals surface area contributed by atoms with Crippen LogP contribution in [-0.4, -0.2) is 27.3 Å².